The number of hydrogen-bond donors (Lipinski definition) is 0. The van der Waals surface area contributed by atoms with Crippen LogP contribution in [0, 0.1) is 17.8 Å². The molecule has 4 heteroatoms. The third-order valence-electron chi connectivity index (χ3n) is 8.05. The molecule has 0 saturated heterocycles. The highest BCUT2D eigenvalue weighted by Crippen LogP contribution is 2.47. The largest absolute Gasteiger partial charge is 0.337 e. The van der Waals surface area contributed by atoms with Crippen LogP contribution in [0.3, 0.4) is 0 Å². The lowest BCUT2D eigenvalue weighted by molar-refractivity contribution is 0.320. The van der Waals surface area contributed by atoms with Gasteiger partial charge < -0.3 is 4.57 Å². The lowest BCUT2D eigenvalue weighted by atomic mass is 9.80. The Labute approximate surface area is 220 Å². The molecule has 3 heterocycles. The van der Waals surface area contributed by atoms with Gasteiger partial charge in [0.25, 0.3) is 0 Å². The topological polar surface area (TPSA) is 30.7 Å². The predicted octanol–water partition coefficient (Wildman–Crippen LogP) is 9.05. The Hall–Kier alpha value is -2.90. The van der Waals surface area contributed by atoms with E-state index in [1.165, 1.54) is 58.2 Å². The first-order valence-electron chi connectivity index (χ1n) is 13.4. The van der Waals surface area contributed by atoms with Crippen molar-refractivity contribution in [3.05, 3.63) is 58.7 Å². The first kappa shape index (κ1) is 24.8. The number of terminal acetylenes is 1. The summed E-state index contributed by atoms with van der Waals surface area (Å²) in [6, 6.07) is 11.9. The summed E-state index contributed by atoms with van der Waals surface area (Å²) in [5.74, 6) is 3.28. The summed E-state index contributed by atoms with van der Waals surface area (Å²) in [6.07, 6.45) is 15.3. The van der Waals surface area contributed by atoms with Crippen molar-refractivity contribution in [2.24, 2.45) is 5.41 Å². The summed E-state index contributed by atoms with van der Waals surface area (Å²) in [5.41, 5.74) is 10.9. The minimum atomic E-state index is 0.0925. The summed E-state index contributed by atoms with van der Waals surface area (Å²) < 4.78 is 2.67. The molecule has 1 fully saturated rings. The van der Waals surface area contributed by atoms with Gasteiger partial charge in [0.1, 0.15) is 0 Å². The van der Waals surface area contributed by atoms with Crippen LogP contribution in [0.25, 0.3) is 33.4 Å². The van der Waals surface area contributed by atoms with E-state index in [-0.39, 0.29) is 5.41 Å². The fraction of sp³-hybridized carbons (Fsp3) is 0.438. The van der Waals surface area contributed by atoms with Crippen LogP contribution in [0.4, 0.5) is 0 Å². The van der Waals surface area contributed by atoms with E-state index in [0.29, 0.717) is 12.0 Å². The Morgan fingerprint density at radius 1 is 1.22 bits per heavy atom. The third kappa shape index (κ3) is 4.62. The summed E-state index contributed by atoms with van der Waals surface area (Å²) >= 11 is 1.65. The molecule has 4 aromatic rings. The van der Waals surface area contributed by atoms with Gasteiger partial charge in [0.05, 0.1) is 22.6 Å². The number of thiazole rings is 1. The minimum absolute atomic E-state index is 0.0925. The van der Waals surface area contributed by atoms with Gasteiger partial charge >= 0.3 is 0 Å². The van der Waals surface area contributed by atoms with Gasteiger partial charge in [0, 0.05) is 46.1 Å². The first-order chi connectivity index (χ1) is 17.4. The fourth-order valence-corrected chi connectivity index (χ4v) is 6.13. The first-order valence-corrected chi connectivity index (χ1v) is 14.3. The van der Waals surface area contributed by atoms with E-state index in [0.717, 1.165) is 31.4 Å². The van der Waals surface area contributed by atoms with Gasteiger partial charge in [-0.3, -0.25) is 4.98 Å². The van der Waals surface area contributed by atoms with Crippen molar-refractivity contribution in [1.29, 1.82) is 0 Å². The number of benzene rings is 1. The van der Waals surface area contributed by atoms with Crippen LogP contribution in [0.2, 0.25) is 0 Å². The number of nitrogens with zero attached hydrogens (tertiary/aromatic N) is 3. The molecule has 36 heavy (non-hydrogen) atoms. The lowest BCUT2D eigenvalue weighted by Gasteiger charge is -2.31. The quantitative estimate of drug-likeness (QED) is 0.217. The van der Waals surface area contributed by atoms with Crippen LogP contribution in [0.15, 0.2) is 47.4 Å². The molecule has 1 saturated carbocycles. The molecule has 5 rings (SSSR count). The molecule has 1 unspecified atom stereocenters. The molecule has 1 aliphatic carbocycles. The van der Waals surface area contributed by atoms with Crippen molar-refractivity contribution in [2.45, 2.75) is 84.6 Å². The zero-order valence-corrected chi connectivity index (χ0v) is 22.9. The Kier molecular flexibility index (Phi) is 7.04. The average molecular weight is 496 g/mol. The van der Waals surface area contributed by atoms with Gasteiger partial charge in [-0.25, -0.2) is 4.98 Å². The van der Waals surface area contributed by atoms with E-state index < -0.39 is 0 Å². The molecule has 1 aromatic carbocycles. The molecule has 0 radical (unpaired) electrons. The zero-order chi connectivity index (χ0) is 25.3. The van der Waals surface area contributed by atoms with Gasteiger partial charge in [-0.15, -0.1) is 23.7 Å². The van der Waals surface area contributed by atoms with Gasteiger partial charge in [0.2, 0.25) is 0 Å². The van der Waals surface area contributed by atoms with Crippen LogP contribution < -0.4 is 0 Å². The van der Waals surface area contributed by atoms with Crippen LogP contribution >= 0.6 is 11.3 Å². The van der Waals surface area contributed by atoms with Crippen molar-refractivity contribution in [3.8, 4) is 34.9 Å². The second-order valence-electron chi connectivity index (χ2n) is 11.2. The van der Waals surface area contributed by atoms with Crippen LogP contribution in [-0.2, 0) is 6.42 Å². The second-order valence-corrected chi connectivity index (χ2v) is 11.9. The zero-order valence-electron chi connectivity index (χ0n) is 22.1. The third-order valence-corrected chi connectivity index (χ3v) is 8.64. The highest BCUT2D eigenvalue weighted by molar-refractivity contribution is 7.07. The fourth-order valence-electron chi connectivity index (χ4n) is 5.57. The molecular weight excluding hydrogens is 458 g/mol. The van der Waals surface area contributed by atoms with Crippen molar-refractivity contribution >= 4 is 22.2 Å². The Morgan fingerprint density at radius 3 is 2.72 bits per heavy atom. The van der Waals surface area contributed by atoms with Gasteiger partial charge in [-0.1, -0.05) is 33.8 Å². The van der Waals surface area contributed by atoms with E-state index in [1.54, 1.807) is 11.3 Å². The summed E-state index contributed by atoms with van der Waals surface area (Å²) in [6.45, 7) is 9.29. The molecule has 1 atom stereocenters. The van der Waals surface area contributed by atoms with Gasteiger partial charge in [-0.05, 0) is 79.7 Å². The molecule has 0 amide bonds. The van der Waals surface area contributed by atoms with E-state index in [2.05, 4.69) is 78.9 Å². The van der Waals surface area contributed by atoms with E-state index >= 15 is 0 Å². The average Bonchev–Trinajstić information content (AvgIpc) is 3.49. The molecule has 3 aromatic heterocycles. The molecule has 1 aliphatic rings. The summed E-state index contributed by atoms with van der Waals surface area (Å²) in [5, 5.41) is 3.50. The standard InChI is InChI=1S/C32H37N3S/c1-6-8-16-32(4,5)19-27-26-18-23(28-20-36-21-34-28)14-15-29(26)35(24-11-9-12-24)31(27)25-13-10-17-33-30(25)22(3)7-2/h1,10,13-15,17-18,20-22,24H,7-9,11-12,16,19H2,2-5H3. The Bertz CT molecular complexity index is 1380. The van der Waals surface area contributed by atoms with Crippen LogP contribution in [-0.4, -0.2) is 14.5 Å². The Balaban J connectivity index is 1.81. The molecular formula is C32H37N3S. The molecule has 0 bridgehead atoms. The molecule has 0 spiro atoms. The highest BCUT2D eigenvalue weighted by atomic mass is 32.1. The highest BCUT2D eigenvalue weighted by Gasteiger charge is 2.32. The molecule has 0 aliphatic heterocycles. The maximum Gasteiger partial charge on any atom is 0.0811 e. The normalized spacial score (nSPS) is 15.1. The number of hydrogen-bond acceptors (Lipinski definition) is 3. The predicted molar refractivity (Wildman–Crippen MR) is 153 cm³/mol. The van der Waals surface area contributed by atoms with E-state index in [4.69, 9.17) is 11.4 Å². The number of pyridine rings is 1. The minimum Gasteiger partial charge on any atom is -0.337 e. The van der Waals surface area contributed by atoms with Crippen molar-refractivity contribution in [3.63, 3.8) is 0 Å². The monoisotopic (exact) mass is 495 g/mol. The maximum absolute atomic E-state index is 5.68. The molecule has 186 valence electrons. The second kappa shape index (κ2) is 10.2. The van der Waals surface area contributed by atoms with Crippen LogP contribution in [0.5, 0.6) is 0 Å². The summed E-state index contributed by atoms with van der Waals surface area (Å²) in [7, 11) is 0. The van der Waals surface area contributed by atoms with E-state index in [1.807, 2.05) is 11.7 Å². The van der Waals surface area contributed by atoms with Gasteiger partial charge in [-0.2, -0.15) is 0 Å². The molecule has 0 N–H and O–H groups in total. The Morgan fingerprint density at radius 2 is 2.06 bits per heavy atom. The number of aromatic nitrogens is 3. The smallest absolute Gasteiger partial charge is 0.0811 e. The SMILES string of the molecule is C#CCCC(C)(C)Cc1c(-c2cccnc2C(C)CC)n(C2CCC2)c2ccc(-c3cscn3)cc12. The van der Waals surface area contributed by atoms with Crippen molar-refractivity contribution in [2.75, 3.05) is 0 Å². The summed E-state index contributed by atoms with van der Waals surface area (Å²) in [4.78, 5) is 9.55. The maximum atomic E-state index is 5.68. The van der Waals surface area contributed by atoms with Crippen molar-refractivity contribution in [1.82, 2.24) is 14.5 Å². The van der Waals surface area contributed by atoms with Crippen molar-refractivity contribution < 1.29 is 0 Å². The lowest BCUT2D eigenvalue weighted by Crippen LogP contribution is -2.20. The number of fused-ring (bicyclic) bond motifs is 1. The number of rotatable bonds is 9. The molecule has 3 nitrogen and oxygen atoms in total. The van der Waals surface area contributed by atoms with E-state index in [9.17, 15) is 0 Å². The van der Waals surface area contributed by atoms with Gasteiger partial charge in [0.15, 0.2) is 0 Å². The van der Waals surface area contributed by atoms with Crippen LogP contribution in [0.1, 0.15) is 89.4 Å².